The number of ketones is 1. The van der Waals surface area contributed by atoms with Crippen molar-refractivity contribution >= 4 is 28.4 Å². The summed E-state index contributed by atoms with van der Waals surface area (Å²) in [7, 11) is 0. The Morgan fingerprint density at radius 1 is 1.24 bits per heavy atom. The molecule has 0 saturated carbocycles. The fourth-order valence-electron chi connectivity index (χ4n) is 2.80. The zero-order valence-electron chi connectivity index (χ0n) is 16.7. The highest BCUT2D eigenvalue weighted by molar-refractivity contribution is 6.05. The maximum atomic E-state index is 12.5. The zero-order chi connectivity index (χ0) is 21.0. The summed E-state index contributed by atoms with van der Waals surface area (Å²) in [4.78, 5) is 28.0. The molecule has 9 nitrogen and oxygen atoms in total. The number of H-pyrrole nitrogens is 1. The van der Waals surface area contributed by atoms with Gasteiger partial charge >= 0.3 is 0 Å². The number of ether oxygens (including phenoxy) is 1. The second-order valence-electron chi connectivity index (χ2n) is 7.72. The number of aromatic nitrogens is 4. The van der Waals surface area contributed by atoms with E-state index in [2.05, 4.69) is 20.6 Å². The van der Waals surface area contributed by atoms with E-state index in [9.17, 15) is 9.59 Å². The normalized spacial score (nSPS) is 11.7. The summed E-state index contributed by atoms with van der Waals surface area (Å²) >= 11 is 0. The highest BCUT2D eigenvalue weighted by Gasteiger charge is 2.23. The molecular weight excluding hydrogens is 374 g/mol. The number of aliphatic hydroxyl groups excluding tert-OH is 1. The smallest absolute Gasteiger partial charge is 0.278 e. The zero-order valence-corrected chi connectivity index (χ0v) is 16.7. The van der Waals surface area contributed by atoms with Gasteiger partial charge in [0.15, 0.2) is 11.5 Å². The van der Waals surface area contributed by atoms with Crippen molar-refractivity contribution < 1.29 is 19.4 Å². The predicted molar refractivity (Wildman–Crippen MR) is 108 cm³/mol. The summed E-state index contributed by atoms with van der Waals surface area (Å²) < 4.78 is 6.67. The van der Waals surface area contributed by atoms with Crippen LogP contribution < -0.4 is 5.32 Å². The van der Waals surface area contributed by atoms with Crippen LogP contribution in [-0.4, -0.2) is 56.6 Å². The first-order valence-electron chi connectivity index (χ1n) is 9.35. The fraction of sp³-hybridized carbons (Fsp3) is 0.400. The van der Waals surface area contributed by atoms with Crippen LogP contribution in [0.4, 0.5) is 5.82 Å². The Balaban J connectivity index is 1.68. The molecule has 3 rings (SSSR count). The Bertz CT molecular complexity index is 1020. The molecule has 1 aromatic carbocycles. The van der Waals surface area contributed by atoms with Gasteiger partial charge in [-0.05, 0) is 24.3 Å². The van der Waals surface area contributed by atoms with Crippen LogP contribution in [0, 0.1) is 5.41 Å². The van der Waals surface area contributed by atoms with Crippen LogP contribution >= 0.6 is 0 Å². The van der Waals surface area contributed by atoms with Gasteiger partial charge in [-0.15, -0.1) is 5.10 Å². The van der Waals surface area contributed by atoms with Gasteiger partial charge in [0, 0.05) is 21.9 Å². The summed E-state index contributed by atoms with van der Waals surface area (Å²) in [6.45, 7) is 6.66. The maximum Gasteiger partial charge on any atom is 0.278 e. The number of nitrogens with zero attached hydrogens (tertiary/aromatic N) is 3. The number of fused-ring (bicyclic) bond motifs is 1. The topological polar surface area (TPSA) is 122 Å². The van der Waals surface area contributed by atoms with Crippen molar-refractivity contribution in [2.24, 2.45) is 5.41 Å². The average Bonchev–Trinajstić information content (AvgIpc) is 3.29. The second-order valence-corrected chi connectivity index (χ2v) is 7.72. The van der Waals surface area contributed by atoms with Crippen LogP contribution in [0.15, 0.2) is 30.5 Å². The Labute approximate surface area is 168 Å². The van der Waals surface area contributed by atoms with Gasteiger partial charge in [-0.25, -0.2) is 4.68 Å². The van der Waals surface area contributed by atoms with Crippen LogP contribution in [0.1, 0.15) is 41.6 Å². The highest BCUT2D eigenvalue weighted by Crippen LogP contribution is 2.25. The molecule has 0 aliphatic heterocycles. The number of hydrogen-bond acceptors (Lipinski definition) is 6. The Morgan fingerprint density at radius 2 is 2.03 bits per heavy atom. The number of amides is 1. The molecule has 1 amide bonds. The first kappa shape index (κ1) is 20.7. The molecule has 29 heavy (non-hydrogen) atoms. The third kappa shape index (κ3) is 5.07. The molecular formula is C20H25N5O4. The van der Waals surface area contributed by atoms with E-state index in [1.165, 1.54) is 10.9 Å². The highest BCUT2D eigenvalue weighted by atomic mass is 16.5. The number of nitrogens with one attached hydrogen (secondary N) is 2. The second kappa shape index (κ2) is 8.54. The molecule has 3 N–H and O–H groups in total. The van der Waals surface area contributed by atoms with E-state index in [0.717, 1.165) is 10.9 Å². The fourth-order valence-corrected chi connectivity index (χ4v) is 2.80. The van der Waals surface area contributed by atoms with Gasteiger partial charge in [-0.3, -0.25) is 9.59 Å². The standard InChI is InChI=1S/C20H25N5O4/c1-20(2,3)18(27)13-4-5-15-14(10-13)11-17(21-15)22-19(28)16-12-25(24-23-16)6-8-29-9-7-26/h4-5,10-12,21,26H,6-9H2,1-3H3,(H,22,28). The number of carbonyl (C=O) groups is 2. The van der Waals surface area contributed by atoms with Crippen molar-refractivity contribution in [3.63, 3.8) is 0 Å². The van der Waals surface area contributed by atoms with E-state index in [1.807, 2.05) is 32.9 Å². The van der Waals surface area contributed by atoms with Crippen molar-refractivity contribution in [2.75, 3.05) is 25.1 Å². The monoisotopic (exact) mass is 399 g/mol. The molecule has 9 heteroatoms. The quantitative estimate of drug-likeness (QED) is 0.394. The van der Waals surface area contributed by atoms with E-state index >= 15 is 0 Å². The van der Waals surface area contributed by atoms with Gasteiger partial charge in [-0.2, -0.15) is 0 Å². The van der Waals surface area contributed by atoms with Crippen molar-refractivity contribution in [2.45, 2.75) is 27.3 Å². The lowest BCUT2D eigenvalue weighted by molar-refractivity contribution is 0.0851. The molecule has 3 aromatic rings. The van der Waals surface area contributed by atoms with E-state index in [4.69, 9.17) is 9.84 Å². The van der Waals surface area contributed by atoms with E-state index in [-0.39, 0.29) is 24.7 Å². The third-order valence-corrected chi connectivity index (χ3v) is 4.28. The molecule has 0 atom stereocenters. The number of Topliss-reactive ketones (excluding diaryl/α,β-unsaturated/α-hetero) is 1. The van der Waals surface area contributed by atoms with E-state index in [0.29, 0.717) is 24.5 Å². The molecule has 0 aliphatic rings. The Morgan fingerprint density at radius 3 is 2.76 bits per heavy atom. The maximum absolute atomic E-state index is 12.5. The Hall–Kier alpha value is -3.04. The number of benzene rings is 1. The van der Waals surface area contributed by atoms with Gasteiger partial charge in [0.2, 0.25) is 0 Å². The summed E-state index contributed by atoms with van der Waals surface area (Å²) in [6.07, 6.45) is 1.53. The van der Waals surface area contributed by atoms with Crippen molar-refractivity contribution in [1.29, 1.82) is 0 Å². The molecule has 0 aliphatic carbocycles. The van der Waals surface area contributed by atoms with Gasteiger partial charge in [0.05, 0.1) is 32.6 Å². The summed E-state index contributed by atoms with van der Waals surface area (Å²) in [5.41, 5.74) is 1.16. The number of aromatic amines is 1. The lowest BCUT2D eigenvalue weighted by Crippen LogP contribution is -2.19. The van der Waals surface area contributed by atoms with Gasteiger partial charge < -0.3 is 20.1 Å². The molecule has 0 fully saturated rings. The van der Waals surface area contributed by atoms with Crippen LogP contribution in [0.25, 0.3) is 10.9 Å². The Kier molecular flexibility index (Phi) is 6.09. The number of hydrogen-bond donors (Lipinski definition) is 3. The largest absolute Gasteiger partial charge is 0.394 e. The number of anilines is 1. The number of aliphatic hydroxyl groups is 1. The lowest BCUT2D eigenvalue weighted by Gasteiger charge is -2.16. The van der Waals surface area contributed by atoms with Gasteiger partial charge in [0.1, 0.15) is 5.82 Å². The lowest BCUT2D eigenvalue weighted by atomic mass is 9.86. The SMILES string of the molecule is CC(C)(C)C(=O)c1ccc2[nH]c(NC(=O)c3cn(CCOCCO)nn3)cc2c1. The number of carbonyl (C=O) groups excluding carboxylic acids is 2. The first-order chi connectivity index (χ1) is 13.8. The van der Waals surface area contributed by atoms with E-state index in [1.54, 1.807) is 12.1 Å². The number of rotatable bonds is 8. The summed E-state index contributed by atoms with van der Waals surface area (Å²) in [5.74, 6) is 0.169. The van der Waals surface area contributed by atoms with Crippen molar-refractivity contribution in [3.05, 3.63) is 41.7 Å². The molecule has 0 bridgehead atoms. The predicted octanol–water partition coefficient (Wildman–Crippen LogP) is 2.25. The third-order valence-electron chi connectivity index (χ3n) is 4.28. The van der Waals surface area contributed by atoms with Gasteiger partial charge in [0.25, 0.3) is 5.91 Å². The van der Waals surface area contributed by atoms with E-state index < -0.39 is 11.3 Å². The van der Waals surface area contributed by atoms with Gasteiger partial charge in [-0.1, -0.05) is 26.0 Å². The molecule has 2 aromatic heterocycles. The van der Waals surface area contributed by atoms with Crippen molar-refractivity contribution in [1.82, 2.24) is 20.0 Å². The minimum Gasteiger partial charge on any atom is -0.394 e. The minimum atomic E-state index is -0.462. The van der Waals surface area contributed by atoms with Crippen LogP contribution in [-0.2, 0) is 11.3 Å². The van der Waals surface area contributed by atoms with Crippen LogP contribution in [0.2, 0.25) is 0 Å². The minimum absolute atomic E-state index is 0.0403. The molecule has 0 spiro atoms. The van der Waals surface area contributed by atoms with Crippen LogP contribution in [0.3, 0.4) is 0 Å². The average molecular weight is 399 g/mol. The molecule has 0 saturated heterocycles. The first-order valence-corrected chi connectivity index (χ1v) is 9.35. The molecule has 0 radical (unpaired) electrons. The summed E-state index contributed by atoms with van der Waals surface area (Å²) in [5, 5.41) is 20.0. The van der Waals surface area contributed by atoms with Crippen LogP contribution in [0.5, 0.6) is 0 Å². The van der Waals surface area contributed by atoms with Crippen molar-refractivity contribution in [3.8, 4) is 0 Å². The summed E-state index contributed by atoms with van der Waals surface area (Å²) in [6, 6.07) is 7.20. The molecule has 2 heterocycles. The molecule has 0 unspecified atom stereocenters. The molecule has 154 valence electrons.